The molecule has 1 aliphatic rings. The summed E-state index contributed by atoms with van der Waals surface area (Å²) in [5, 5.41) is 4.20. The van der Waals surface area contributed by atoms with Crippen molar-refractivity contribution in [2.45, 2.75) is 18.9 Å². The van der Waals surface area contributed by atoms with Crippen LogP contribution in [0, 0.1) is 0 Å². The van der Waals surface area contributed by atoms with Crippen molar-refractivity contribution in [3.05, 3.63) is 65.6 Å². The second-order valence-electron chi connectivity index (χ2n) is 5.62. The molecule has 0 fully saturated rings. The third kappa shape index (κ3) is 1.89. The Bertz CT molecular complexity index is 854. The van der Waals surface area contributed by atoms with E-state index in [9.17, 15) is 4.79 Å². The highest BCUT2D eigenvalue weighted by atomic mass is 16.2. The summed E-state index contributed by atoms with van der Waals surface area (Å²) < 4.78 is 1.63. The summed E-state index contributed by atoms with van der Waals surface area (Å²) in [6.45, 7) is 0. The summed E-state index contributed by atoms with van der Waals surface area (Å²) in [6, 6.07) is 10.3. The van der Waals surface area contributed by atoms with Crippen LogP contribution < -0.4 is 0 Å². The lowest BCUT2D eigenvalue weighted by molar-refractivity contribution is 0.0732. The molecule has 1 aliphatic carbocycles. The van der Waals surface area contributed by atoms with Gasteiger partial charge in [-0.1, -0.05) is 24.3 Å². The predicted octanol–water partition coefficient (Wildman–Crippen LogP) is 2.49. The quantitative estimate of drug-likeness (QED) is 0.729. The fourth-order valence-electron chi connectivity index (χ4n) is 3.25. The number of rotatable bonds is 2. The average molecular weight is 292 g/mol. The zero-order valence-electron chi connectivity index (χ0n) is 12.3. The highest BCUT2D eigenvalue weighted by Crippen LogP contribution is 2.35. The van der Waals surface area contributed by atoms with Crippen molar-refractivity contribution < 1.29 is 4.79 Å². The maximum Gasteiger partial charge on any atom is 0.259 e. The van der Waals surface area contributed by atoms with Gasteiger partial charge in [-0.15, -0.1) is 0 Å². The van der Waals surface area contributed by atoms with E-state index in [1.807, 2.05) is 18.0 Å². The number of hydrogen-bond acceptors (Lipinski definition) is 3. The SMILES string of the molecule is CN(C(=O)c1cnn2cccnc12)[C@H]1CCc2ccccc21. The van der Waals surface area contributed by atoms with Crippen LogP contribution in [0.1, 0.15) is 33.9 Å². The Morgan fingerprint density at radius 1 is 1.32 bits per heavy atom. The zero-order chi connectivity index (χ0) is 15.1. The van der Waals surface area contributed by atoms with E-state index >= 15 is 0 Å². The van der Waals surface area contributed by atoms with Gasteiger partial charge in [0.05, 0.1) is 12.2 Å². The highest BCUT2D eigenvalue weighted by Gasteiger charge is 2.30. The minimum absolute atomic E-state index is 0.0320. The summed E-state index contributed by atoms with van der Waals surface area (Å²) >= 11 is 0. The van der Waals surface area contributed by atoms with Crippen molar-refractivity contribution in [1.82, 2.24) is 19.5 Å². The van der Waals surface area contributed by atoms with Crippen molar-refractivity contribution in [3.8, 4) is 0 Å². The van der Waals surface area contributed by atoms with Gasteiger partial charge in [0.25, 0.3) is 5.91 Å². The Kier molecular flexibility index (Phi) is 2.92. The van der Waals surface area contributed by atoms with E-state index in [4.69, 9.17) is 0 Å². The molecule has 0 bridgehead atoms. The maximum atomic E-state index is 12.8. The minimum Gasteiger partial charge on any atom is -0.334 e. The van der Waals surface area contributed by atoms with E-state index in [0.717, 1.165) is 12.8 Å². The molecular weight excluding hydrogens is 276 g/mol. The molecule has 1 aromatic carbocycles. The molecule has 0 saturated heterocycles. The Balaban J connectivity index is 1.69. The van der Waals surface area contributed by atoms with Crippen LogP contribution in [0.3, 0.4) is 0 Å². The van der Waals surface area contributed by atoms with Crippen LogP contribution in [-0.4, -0.2) is 32.5 Å². The van der Waals surface area contributed by atoms with Gasteiger partial charge in [0, 0.05) is 19.4 Å². The first-order chi connectivity index (χ1) is 10.8. The molecule has 2 aromatic heterocycles. The topological polar surface area (TPSA) is 50.5 Å². The molecule has 0 radical (unpaired) electrons. The van der Waals surface area contributed by atoms with E-state index in [1.165, 1.54) is 11.1 Å². The summed E-state index contributed by atoms with van der Waals surface area (Å²) in [5.74, 6) is -0.0320. The average Bonchev–Trinajstić information content (AvgIpc) is 3.17. The van der Waals surface area contributed by atoms with E-state index in [-0.39, 0.29) is 11.9 Å². The molecule has 0 spiro atoms. The third-order valence-electron chi connectivity index (χ3n) is 4.40. The predicted molar refractivity (Wildman–Crippen MR) is 82.6 cm³/mol. The monoisotopic (exact) mass is 292 g/mol. The van der Waals surface area contributed by atoms with Gasteiger partial charge in [0.15, 0.2) is 5.65 Å². The van der Waals surface area contributed by atoms with E-state index in [2.05, 4.69) is 28.3 Å². The van der Waals surface area contributed by atoms with Gasteiger partial charge in [0.2, 0.25) is 0 Å². The van der Waals surface area contributed by atoms with Gasteiger partial charge >= 0.3 is 0 Å². The summed E-state index contributed by atoms with van der Waals surface area (Å²) in [7, 11) is 1.86. The molecule has 5 nitrogen and oxygen atoms in total. The summed E-state index contributed by atoms with van der Waals surface area (Å²) in [5.41, 5.74) is 3.74. The first kappa shape index (κ1) is 13.0. The molecule has 0 aliphatic heterocycles. The van der Waals surface area contributed by atoms with Crippen molar-refractivity contribution in [2.24, 2.45) is 0 Å². The van der Waals surface area contributed by atoms with Crippen LogP contribution in [0.15, 0.2) is 48.9 Å². The lowest BCUT2D eigenvalue weighted by Gasteiger charge is -2.25. The van der Waals surface area contributed by atoms with Crippen LogP contribution in [0.2, 0.25) is 0 Å². The third-order valence-corrected chi connectivity index (χ3v) is 4.40. The molecule has 1 amide bonds. The normalized spacial score (nSPS) is 16.7. The number of aryl methyl sites for hydroxylation is 1. The minimum atomic E-state index is -0.0320. The van der Waals surface area contributed by atoms with Gasteiger partial charge in [0.1, 0.15) is 5.56 Å². The fourth-order valence-corrected chi connectivity index (χ4v) is 3.25. The molecule has 2 heterocycles. The second kappa shape index (κ2) is 4.94. The molecule has 0 unspecified atom stereocenters. The highest BCUT2D eigenvalue weighted by molar-refractivity contribution is 5.99. The van der Waals surface area contributed by atoms with Crippen molar-refractivity contribution >= 4 is 11.6 Å². The number of nitrogens with zero attached hydrogens (tertiary/aromatic N) is 4. The van der Waals surface area contributed by atoms with Crippen LogP contribution in [0.5, 0.6) is 0 Å². The summed E-state index contributed by atoms with van der Waals surface area (Å²) in [4.78, 5) is 18.9. The van der Waals surface area contributed by atoms with E-state index in [0.29, 0.717) is 11.2 Å². The smallest absolute Gasteiger partial charge is 0.259 e. The van der Waals surface area contributed by atoms with Crippen LogP contribution in [0.25, 0.3) is 5.65 Å². The number of carbonyl (C=O) groups is 1. The molecule has 0 N–H and O–H groups in total. The van der Waals surface area contributed by atoms with Crippen LogP contribution in [0.4, 0.5) is 0 Å². The zero-order valence-corrected chi connectivity index (χ0v) is 12.3. The Labute approximate surface area is 128 Å². The van der Waals surface area contributed by atoms with Crippen molar-refractivity contribution in [3.63, 3.8) is 0 Å². The first-order valence-electron chi connectivity index (χ1n) is 7.39. The summed E-state index contributed by atoms with van der Waals surface area (Å²) in [6.07, 6.45) is 7.06. The second-order valence-corrected chi connectivity index (χ2v) is 5.62. The molecular formula is C17H16N4O. The van der Waals surface area contributed by atoms with Gasteiger partial charge in [-0.2, -0.15) is 5.10 Å². The van der Waals surface area contributed by atoms with Gasteiger partial charge < -0.3 is 4.90 Å². The Morgan fingerprint density at radius 2 is 2.18 bits per heavy atom. The molecule has 3 aromatic rings. The van der Waals surface area contributed by atoms with Crippen LogP contribution in [-0.2, 0) is 6.42 Å². The lowest BCUT2D eigenvalue weighted by Crippen LogP contribution is -2.30. The molecule has 110 valence electrons. The van der Waals surface area contributed by atoms with Crippen molar-refractivity contribution in [1.29, 1.82) is 0 Å². The number of amides is 1. The number of fused-ring (bicyclic) bond motifs is 2. The van der Waals surface area contributed by atoms with Gasteiger partial charge in [-0.3, -0.25) is 4.79 Å². The van der Waals surface area contributed by atoms with E-state index in [1.54, 1.807) is 29.2 Å². The molecule has 0 saturated carbocycles. The molecule has 22 heavy (non-hydrogen) atoms. The lowest BCUT2D eigenvalue weighted by atomic mass is 10.1. The van der Waals surface area contributed by atoms with Crippen molar-refractivity contribution in [2.75, 3.05) is 7.05 Å². The molecule has 1 atom stereocenters. The Hall–Kier alpha value is -2.69. The van der Waals surface area contributed by atoms with Gasteiger partial charge in [-0.25, -0.2) is 9.50 Å². The number of benzene rings is 1. The van der Waals surface area contributed by atoms with Crippen LogP contribution >= 0.6 is 0 Å². The molecule has 5 heteroatoms. The maximum absolute atomic E-state index is 12.8. The number of aromatic nitrogens is 3. The first-order valence-corrected chi connectivity index (χ1v) is 7.39. The fraction of sp³-hybridized carbons (Fsp3) is 0.235. The largest absolute Gasteiger partial charge is 0.334 e. The number of carbonyl (C=O) groups excluding carboxylic acids is 1. The number of hydrogen-bond donors (Lipinski definition) is 0. The Morgan fingerprint density at radius 3 is 3.09 bits per heavy atom. The van der Waals surface area contributed by atoms with E-state index < -0.39 is 0 Å². The standard InChI is InChI=1S/C17H16N4O/c1-20(15-8-7-12-5-2-3-6-13(12)15)17(22)14-11-19-21-10-4-9-18-16(14)21/h2-6,9-11,15H,7-8H2,1H3/t15-/m0/s1. The molecule has 4 rings (SSSR count). The van der Waals surface area contributed by atoms with Gasteiger partial charge in [-0.05, 0) is 30.0 Å².